The fraction of sp³-hybridized carbons (Fsp3) is 0.348. The monoisotopic (exact) mass is 460 g/mol. The molecule has 0 unspecified atom stereocenters. The van der Waals surface area contributed by atoms with Gasteiger partial charge in [-0.1, -0.05) is 29.8 Å². The van der Waals surface area contributed by atoms with Crippen LogP contribution in [0.1, 0.15) is 28.8 Å². The highest BCUT2D eigenvalue weighted by molar-refractivity contribution is 6.31. The van der Waals surface area contributed by atoms with Gasteiger partial charge in [-0.3, -0.25) is 9.59 Å². The van der Waals surface area contributed by atoms with Gasteiger partial charge in [-0.25, -0.2) is 4.79 Å². The normalized spacial score (nSPS) is 12.6. The van der Waals surface area contributed by atoms with Crippen LogP contribution in [0.4, 0.5) is 0 Å². The Hall–Kier alpha value is -3.26. The van der Waals surface area contributed by atoms with Crippen molar-refractivity contribution in [1.29, 1.82) is 0 Å². The van der Waals surface area contributed by atoms with E-state index in [9.17, 15) is 14.4 Å². The predicted molar refractivity (Wildman–Crippen MR) is 118 cm³/mol. The number of nitrogens with one attached hydrogen (secondary N) is 1. The Labute approximate surface area is 191 Å². The quantitative estimate of drug-likeness (QED) is 0.548. The number of ether oxygens (including phenoxy) is 3. The van der Waals surface area contributed by atoms with Gasteiger partial charge in [0.15, 0.2) is 18.1 Å². The molecule has 2 aromatic rings. The van der Waals surface area contributed by atoms with Crippen molar-refractivity contribution in [3.8, 4) is 11.5 Å². The lowest BCUT2D eigenvalue weighted by atomic mass is 10.2. The molecule has 170 valence electrons. The van der Waals surface area contributed by atoms with Gasteiger partial charge in [-0.05, 0) is 37.1 Å². The SMILES string of the molecule is COc1cc(C(=O)OCC(=O)N(C)CC(=O)NC2CC2)ccc1OCc1ccccc1Cl. The molecule has 1 N–H and O–H groups in total. The second-order valence-electron chi connectivity index (χ2n) is 7.41. The third-order valence-corrected chi connectivity index (χ3v) is 5.18. The molecule has 0 atom stereocenters. The summed E-state index contributed by atoms with van der Waals surface area (Å²) >= 11 is 6.14. The first kappa shape index (κ1) is 23.4. The van der Waals surface area contributed by atoms with Gasteiger partial charge in [0, 0.05) is 23.7 Å². The molecular weight excluding hydrogens is 436 g/mol. The zero-order valence-electron chi connectivity index (χ0n) is 17.9. The van der Waals surface area contributed by atoms with E-state index < -0.39 is 18.5 Å². The Morgan fingerprint density at radius 2 is 1.88 bits per heavy atom. The number of amides is 2. The van der Waals surface area contributed by atoms with Crippen LogP contribution in [0, 0.1) is 0 Å². The van der Waals surface area contributed by atoms with Gasteiger partial charge >= 0.3 is 5.97 Å². The average molecular weight is 461 g/mol. The van der Waals surface area contributed by atoms with Gasteiger partial charge in [-0.2, -0.15) is 0 Å². The second kappa shape index (κ2) is 10.9. The number of hydrogen-bond donors (Lipinski definition) is 1. The van der Waals surface area contributed by atoms with Crippen molar-refractivity contribution in [2.45, 2.75) is 25.5 Å². The Balaban J connectivity index is 1.52. The molecule has 0 saturated heterocycles. The van der Waals surface area contributed by atoms with Gasteiger partial charge in [0.2, 0.25) is 5.91 Å². The minimum atomic E-state index is -0.690. The lowest BCUT2D eigenvalue weighted by molar-refractivity contribution is -0.137. The molecular formula is C23H25ClN2O6. The number of carbonyl (C=O) groups excluding carboxylic acids is 3. The summed E-state index contributed by atoms with van der Waals surface area (Å²) in [6, 6.07) is 12.1. The molecule has 0 spiro atoms. The molecule has 9 heteroatoms. The van der Waals surface area contributed by atoms with Crippen molar-refractivity contribution in [2.24, 2.45) is 0 Å². The molecule has 0 radical (unpaired) electrons. The Kier molecular flexibility index (Phi) is 7.94. The summed E-state index contributed by atoms with van der Waals surface area (Å²) in [4.78, 5) is 37.5. The third kappa shape index (κ3) is 6.62. The van der Waals surface area contributed by atoms with Gasteiger partial charge in [0.25, 0.3) is 5.91 Å². The summed E-state index contributed by atoms with van der Waals surface area (Å²) < 4.78 is 16.2. The van der Waals surface area contributed by atoms with E-state index in [0.29, 0.717) is 16.5 Å². The van der Waals surface area contributed by atoms with Crippen LogP contribution < -0.4 is 14.8 Å². The van der Waals surface area contributed by atoms with E-state index in [-0.39, 0.29) is 30.7 Å². The van der Waals surface area contributed by atoms with Crippen molar-refractivity contribution in [3.05, 3.63) is 58.6 Å². The van der Waals surface area contributed by atoms with E-state index in [1.54, 1.807) is 12.1 Å². The molecule has 2 aromatic carbocycles. The van der Waals surface area contributed by atoms with E-state index in [2.05, 4.69) is 5.32 Å². The highest BCUT2D eigenvalue weighted by atomic mass is 35.5. The highest BCUT2D eigenvalue weighted by Gasteiger charge is 2.24. The second-order valence-corrected chi connectivity index (χ2v) is 7.82. The van der Waals surface area contributed by atoms with Gasteiger partial charge < -0.3 is 24.4 Å². The molecule has 2 amide bonds. The van der Waals surface area contributed by atoms with Crippen LogP contribution in [0.2, 0.25) is 5.02 Å². The fourth-order valence-electron chi connectivity index (χ4n) is 2.81. The van der Waals surface area contributed by atoms with Crippen molar-refractivity contribution in [3.63, 3.8) is 0 Å². The van der Waals surface area contributed by atoms with Crippen LogP contribution in [0.5, 0.6) is 11.5 Å². The maximum absolute atomic E-state index is 12.4. The Morgan fingerprint density at radius 3 is 2.56 bits per heavy atom. The fourth-order valence-corrected chi connectivity index (χ4v) is 3.00. The number of likely N-dealkylation sites (N-methyl/N-ethyl adjacent to an activating group) is 1. The number of esters is 1. The first-order valence-corrected chi connectivity index (χ1v) is 10.5. The topological polar surface area (TPSA) is 94.2 Å². The maximum atomic E-state index is 12.4. The molecule has 1 saturated carbocycles. The highest BCUT2D eigenvalue weighted by Crippen LogP contribution is 2.30. The zero-order chi connectivity index (χ0) is 23.1. The average Bonchev–Trinajstić information content (AvgIpc) is 3.60. The lowest BCUT2D eigenvalue weighted by Gasteiger charge is -2.17. The van der Waals surface area contributed by atoms with E-state index >= 15 is 0 Å². The summed E-state index contributed by atoms with van der Waals surface area (Å²) in [7, 11) is 2.94. The smallest absolute Gasteiger partial charge is 0.338 e. The van der Waals surface area contributed by atoms with Crippen molar-refractivity contribution in [2.75, 3.05) is 27.3 Å². The van der Waals surface area contributed by atoms with E-state index in [0.717, 1.165) is 18.4 Å². The van der Waals surface area contributed by atoms with Crippen LogP contribution in [0.15, 0.2) is 42.5 Å². The molecule has 8 nitrogen and oxygen atoms in total. The zero-order valence-corrected chi connectivity index (χ0v) is 18.7. The van der Waals surface area contributed by atoms with E-state index in [1.807, 2.05) is 18.2 Å². The summed E-state index contributed by atoms with van der Waals surface area (Å²) in [5, 5.41) is 3.39. The van der Waals surface area contributed by atoms with Crippen LogP contribution >= 0.6 is 11.6 Å². The third-order valence-electron chi connectivity index (χ3n) is 4.82. The maximum Gasteiger partial charge on any atom is 0.338 e. The van der Waals surface area contributed by atoms with Crippen molar-refractivity contribution >= 4 is 29.4 Å². The first-order valence-electron chi connectivity index (χ1n) is 10.1. The molecule has 1 fully saturated rings. The summed E-state index contributed by atoms with van der Waals surface area (Å²) in [6.07, 6.45) is 1.93. The summed E-state index contributed by atoms with van der Waals surface area (Å²) in [5.74, 6) is -0.624. The number of hydrogen-bond acceptors (Lipinski definition) is 6. The predicted octanol–water partition coefficient (Wildman–Crippen LogP) is 2.82. The molecule has 3 rings (SSSR count). The number of halogens is 1. The lowest BCUT2D eigenvalue weighted by Crippen LogP contribution is -2.40. The van der Waals surface area contributed by atoms with E-state index in [1.165, 1.54) is 31.2 Å². The van der Waals surface area contributed by atoms with Crippen LogP contribution in [-0.4, -0.2) is 56.0 Å². The van der Waals surface area contributed by atoms with Gasteiger partial charge in [0.1, 0.15) is 6.61 Å². The van der Waals surface area contributed by atoms with Crippen LogP contribution in [0.3, 0.4) is 0 Å². The summed E-state index contributed by atoms with van der Waals surface area (Å²) in [6.45, 7) is -0.327. The van der Waals surface area contributed by atoms with Gasteiger partial charge in [-0.15, -0.1) is 0 Å². The number of nitrogens with zero attached hydrogens (tertiary/aromatic N) is 1. The Morgan fingerprint density at radius 1 is 1.12 bits per heavy atom. The summed E-state index contributed by atoms with van der Waals surface area (Å²) in [5.41, 5.74) is 1.02. The van der Waals surface area contributed by atoms with Crippen molar-refractivity contribution in [1.82, 2.24) is 10.2 Å². The minimum Gasteiger partial charge on any atom is -0.493 e. The standard InChI is InChI=1S/C23H25ClN2O6/c1-26(12-21(27)25-17-8-9-17)22(28)14-32-23(29)15-7-10-19(20(11-15)30-2)31-13-16-5-3-4-6-18(16)24/h3-7,10-11,17H,8-9,12-14H2,1-2H3,(H,25,27). The molecule has 0 aromatic heterocycles. The van der Waals surface area contributed by atoms with Crippen molar-refractivity contribution < 1.29 is 28.6 Å². The number of carbonyl (C=O) groups is 3. The minimum absolute atomic E-state index is 0.0851. The number of methoxy groups -OCH3 is 1. The molecule has 0 aliphatic heterocycles. The van der Waals surface area contributed by atoms with Gasteiger partial charge in [0.05, 0.1) is 19.2 Å². The number of rotatable bonds is 10. The first-order chi connectivity index (χ1) is 15.4. The molecule has 32 heavy (non-hydrogen) atoms. The Bertz CT molecular complexity index is 992. The molecule has 0 heterocycles. The van der Waals surface area contributed by atoms with E-state index in [4.69, 9.17) is 25.8 Å². The molecule has 1 aliphatic carbocycles. The largest absolute Gasteiger partial charge is 0.493 e. The molecule has 1 aliphatic rings. The number of benzene rings is 2. The van der Waals surface area contributed by atoms with Crippen LogP contribution in [0.25, 0.3) is 0 Å². The molecule has 0 bridgehead atoms. The van der Waals surface area contributed by atoms with Crippen LogP contribution in [-0.2, 0) is 20.9 Å².